The van der Waals surface area contributed by atoms with Gasteiger partial charge in [0.2, 0.25) is 5.91 Å². The number of amides is 1. The molecule has 9 nitrogen and oxygen atoms in total. The number of unbranched alkanes of at least 4 members (excludes halogenated alkanes) is 40. The van der Waals surface area contributed by atoms with Crippen molar-refractivity contribution in [3.05, 3.63) is 36.5 Å². The van der Waals surface area contributed by atoms with Crippen LogP contribution in [0.15, 0.2) is 36.5 Å². The fraction of sp³-hybridized carbons (Fsp3) is 0.879. The SMILES string of the molecule is CCCCC/C=C\C/C=C\CCCCCCCCCCCCCC(=O)OC(/C=C/CCCCCCCCCCCCC)C(COP(=O)(O)OCC[N+](C)(C)C)NC(=O)CCCCCCCCCCCCCCCCCC. The van der Waals surface area contributed by atoms with Gasteiger partial charge in [-0.15, -0.1) is 0 Å². The zero-order chi connectivity index (χ0) is 55.7. The predicted molar refractivity (Wildman–Crippen MR) is 328 cm³/mol. The maximum absolute atomic E-state index is 13.6. The monoisotopic (exact) mass is 1090 g/mol. The van der Waals surface area contributed by atoms with Crippen molar-refractivity contribution in [2.75, 3.05) is 40.9 Å². The standard InChI is InChI=1S/C66H127N2O7P/c1-7-10-13-16-19-22-25-28-30-32-33-34-35-36-38-41-44-47-50-53-56-59-66(70)75-64(57-54-51-48-45-42-39-27-24-21-18-15-12-9-3)63(62-74-76(71,72)73-61-60-68(4,5)6)67-65(69)58-55-52-49-46-43-40-37-31-29-26-23-20-17-14-11-8-2/h19,22,28,30,54,57,63-64H,7-18,20-21,23-27,29,31-53,55-56,58-62H2,1-6H3,(H-,67,69,71,72)/p+1/b22-19-,30-28-,57-54+. The Balaban J connectivity index is 5.19. The summed E-state index contributed by atoms with van der Waals surface area (Å²) >= 11 is 0. The van der Waals surface area contributed by atoms with Crippen LogP contribution >= 0.6 is 7.82 Å². The number of carbonyl (C=O) groups is 2. The molecule has 0 aliphatic heterocycles. The van der Waals surface area contributed by atoms with Gasteiger partial charge in [0.15, 0.2) is 0 Å². The van der Waals surface area contributed by atoms with Gasteiger partial charge in [-0.2, -0.15) is 0 Å². The van der Waals surface area contributed by atoms with Crippen LogP contribution in [-0.4, -0.2) is 74.3 Å². The van der Waals surface area contributed by atoms with Gasteiger partial charge >= 0.3 is 13.8 Å². The first-order valence-electron chi connectivity index (χ1n) is 32.8. The van der Waals surface area contributed by atoms with Crippen LogP contribution in [0.4, 0.5) is 0 Å². The lowest BCUT2D eigenvalue weighted by atomic mass is 10.0. The molecule has 2 N–H and O–H groups in total. The number of phosphoric acid groups is 1. The zero-order valence-electron chi connectivity index (χ0n) is 51.3. The quantitative estimate of drug-likeness (QED) is 0.0205. The van der Waals surface area contributed by atoms with Gasteiger partial charge in [-0.3, -0.25) is 18.6 Å². The summed E-state index contributed by atoms with van der Waals surface area (Å²) in [5.74, 6) is -0.491. The van der Waals surface area contributed by atoms with Crippen LogP contribution in [-0.2, 0) is 27.9 Å². The first kappa shape index (κ1) is 74.2. The van der Waals surface area contributed by atoms with Gasteiger partial charge < -0.3 is 19.4 Å². The van der Waals surface area contributed by atoms with E-state index in [-0.39, 0.29) is 25.1 Å². The summed E-state index contributed by atoms with van der Waals surface area (Å²) in [6.07, 6.45) is 68.5. The smallest absolute Gasteiger partial charge is 0.456 e. The average Bonchev–Trinajstić information content (AvgIpc) is 3.38. The molecule has 0 saturated carbocycles. The number of nitrogens with one attached hydrogen (secondary N) is 1. The Morgan fingerprint density at radius 1 is 0.461 bits per heavy atom. The molecule has 0 aliphatic rings. The summed E-state index contributed by atoms with van der Waals surface area (Å²) < 4.78 is 30.8. The zero-order valence-corrected chi connectivity index (χ0v) is 52.2. The highest BCUT2D eigenvalue weighted by molar-refractivity contribution is 7.47. The minimum Gasteiger partial charge on any atom is -0.456 e. The number of nitrogens with zero attached hydrogens (tertiary/aromatic N) is 1. The molecule has 0 saturated heterocycles. The molecule has 448 valence electrons. The van der Waals surface area contributed by atoms with E-state index >= 15 is 0 Å². The third-order valence-corrected chi connectivity index (χ3v) is 15.8. The van der Waals surface area contributed by atoms with Crippen molar-refractivity contribution in [1.82, 2.24) is 5.32 Å². The lowest BCUT2D eigenvalue weighted by Gasteiger charge is -2.27. The van der Waals surface area contributed by atoms with E-state index in [4.69, 9.17) is 13.8 Å². The van der Waals surface area contributed by atoms with E-state index < -0.39 is 20.0 Å². The Labute approximate surface area is 472 Å². The Kier molecular flexibility index (Phi) is 55.2. The number of carbonyl (C=O) groups excluding carboxylic acids is 2. The van der Waals surface area contributed by atoms with Crippen molar-refractivity contribution in [2.45, 2.75) is 335 Å². The number of hydrogen-bond donors (Lipinski definition) is 2. The molecule has 0 aliphatic carbocycles. The van der Waals surface area contributed by atoms with Crippen LogP contribution in [0.3, 0.4) is 0 Å². The predicted octanol–water partition coefficient (Wildman–Crippen LogP) is 20.3. The highest BCUT2D eigenvalue weighted by Gasteiger charge is 2.30. The molecule has 0 spiro atoms. The van der Waals surface area contributed by atoms with E-state index in [1.165, 1.54) is 225 Å². The first-order valence-corrected chi connectivity index (χ1v) is 34.3. The number of phosphoric ester groups is 1. The van der Waals surface area contributed by atoms with Crippen molar-refractivity contribution >= 4 is 19.7 Å². The molecule has 0 bridgehead atoms. The molecule has 0 heterocycles. The second-order valence-electron chi connectivity index (χ2n) is 23.6. The normalized spacial score (nSPS) is 13.8. The summed E-state index contributed by atoms with van der Waals surface area (Å²) in [5.41, 5.74) is 0. The molecular formula is C66H128N2O7P+. The fourth-order valence-corrected chi connectivity index (χ4v) is 10.5. The summed E-state index contributed by atoms with van der Waals surface area (Å²) in [6, 6.07) is -0.845. The third-order valence-electron chi connectivity index (χ3n) is 14.8. The fourth-order valence-electron chi connectivity index (χ4n) is 9.74. The minimum atomic E-state index is -4.45. The van der Waals surface area contributed by atoms with Crippen molar-refractivity contribution in [3.63, 3.8) is 0 Å². The van der Waals surface area contributed by atoms with Crippen LogP contribution in [0.5, 0.6) is 0 Å². The average molecular weight is 1090 g/mol. The van der Waals surface area contributed by atoms with Crippen LogP contribution in [0.25, 0.3) is 0 Å². The molecule has 0 rings (SSSR count). The number of esters is 1. The summed E-state index contributed by atoms with van der Waals surface area (Å²) in [7, 11) is 1.51. The second-order valence-corrected chi connectivity index (χ2v) is 25.1. The third kappa shape index (κ3) is 56.9. The lowest BCUT2D eigenvalue weighted by Crippen LogP contribution is -2.47. The largest absolute Gasteiger partial charge is 0.472 e. The molecular weight excluding hydrogens is 964 g/mol. The van der Waals surface area contributed by atoms with Gasteiger partial charge in [-0.1, -0.05) is 282 Å². The molecule has 1 amide bonds. The van der Waals surface area contributed by atoms with Gasteiger partial charge in [0, 0.05) is 12.8 Å². The molecule has 3 unspecified atom stereocenters. The van der Waals surface area contributed by atoms with Gasteiger partial charge in [0.1, 0.15) is 19.3 Å². The van der Waals surface area contributed by atoms with Crippen LogP contribution in [0, 0.1) is 0 Å². The molecule has 0 aromatic heterocycles. The molecule has 10 heteroatoms. The molecule has 3 atom stereocenters. The van der Waals surface area contributed by atoms with E-state index in [2.05, 4.69) is 50.4 Å². The van der Waals surface area contributed by atoms with Gasteiger partial charge in [-0.25, -0.2) is 4.57 Å². The topological polar surface area (TPSA) is 111 Å². The molecule has 0 aromatic rings. The van der Waals surface area contributed by atoms with Crippen molar-refractivity contribution < 1.29 is 37.3 Å². The Morgan fingerprint density at radius 3 is 1.21 bits per heavy atom. The number of rotatable bonds is 60. The maximum atomic E-state index is 13.6. The van der Waals surface area contributed by atoms with E-state index in [9.17, 15) is 19.0 Å². The van der Waals surface area contributed by atoms with E-state index in [1.54, 1.807) is 0 Å². The van der Waals surface area contributed by atoms with Crippen LogP contribution in [0.2, 0.25) is 0 Å². The van der Waals surface area contributed by atoms with Crippen molar-refractivity contribution in [1.29, 1.82) is 0 Å². The van der Waals surface area contributed by atoms with E-state index in [1.807, 2.05) is 33.3 Å². The minimum absolute atomic E-state index is 0.0427. The summed E-state index contributed by atoms with van der Waals surface area (Å²) in [6.45, 7) is 7.04. The number of hydrogen-bond acceptors (Lipinski definition) is 6. The van der Waals surface area contributed by atoms with E-state index in [0.717, 1.165) is 64.2 Å². The Hall–Kier alpha value is -1.77. The molecule has 76 heavy (non-hydrogen) atoms. The number of ether oxygens (including phenoxy) is 1. The Bertz CT molecular complexity index is 1400. The molecule has 0 fully saturated rings. The summed E-state index contributed by atoms with van der Waals surface area (Å²) in [5, 5.41) is 3.07. The van der Waals surface area contributed by atoms with Crippen LogP contribution in [0.1, 0.15) is 323 Å². The maximum Gasteiger partial charge on any atom is 0.472 e. The number of quaternary nitrogens is 1. The van der Waals surface area contributed by atoms with Gasteiger partial charge in [0.25, 0.3) is 0 Å². The van der Waals surface area contributed by atoms with Crippen LogP contribution < -0.4 is 5.32 Å². The second kappa shape index (κ2) is 56.5. The number of likely N-dealkylation sites (N-methyl/N-ethyl adjacent to an activating group) is 1. The molecule has 0 radical (unpaired) electrons. The number of allylic oxidation sites excluding steroid dienone is 5. The van der Waals surface area contributed by atoms with Crippen molar-refractivity contribution in [3.8, 4) is 0 Å². The Morgan fingerprint density at radius 2 is 0.803 bits per heavy atom. The first-order chi connectivity index (χ1) is 36.9. The van der Waals surface area contributed by atoms with Gasteiger partial charge in [0.05, 0.1) is 33.8 Å². The van der Waals surface area contributed by atoms with Crippen molar-refractivity contribution in [2.24, 2.45) is 0 Å². The molecule has 0 aromatic carbocycles. The van der Waals surface area contributed by atoms with Gasteiger partial charge in [-0.05, 0) is 63.9 Å². The summed E-state index contributed by atoms with van der Waals surface area (Å²) in [4.78, 5) is 37.8. The lowest BCUT2D eigenvalue weighted by molar-refractivity contribution is -0.870. The highest BCUT2D eigenvalue weighted by Crippen LogP contribution is 2.43. The van der Waals surface area contributed by atoms with E-state index in [0.29, 0.717) is 23.9 Å². The highest BCUT2D eigenvalue weighted by atomic mass is 31.2.